The van der Waals surface area contributed by atoms with Crippen LogP contribution >= 0.6 is 0 Å². The van der Waals surface area contributed by atoms with Gasteiger partial charge < -0.3 is 5.32 Å². The van der Waals surface area contributed by atoms with Crippen LogP contribution in [0.25, 0.3) is 0 Å². The molecule has 1 aliphatic carbocycles. The molecule has 0 spiro atoms. The van der Waals surface area contributed by atoms with Crippen molar-refractivity contribution in [1.82, 2.24) is 5.32 Å². The van der Waals surface area contributed by atoms with E-state index in [1.165, 1.54) is 24.0 Å². The number of hydrogen-bond acceptors (Lipinski definition) is 1. The Morgan fingerprint density at radius 2 is 1.89 bits per heavy atom. The number of alkyl halides is 2. The Morgan fingerprint density at radius 3 is 2.56 bits per heavy atom. The van der Waals surface area contributed by atoms with Gasteiger partial charge in [0.1, 0.15) is 0 Å². The molecule has 0 saturated heterocycles. The van der Waals surface area contributed by atoms with Crippen molar-refractivity contribution >= 4 is 5.91 Å². The molecule has 4 heteroatoms. The van der Waals surface area contributed by atoms with Crippen LogP contribution in [-0.4, -0.2) is 12.3 Å². The van der Waals surface area contributed by atoms with Crippen LogP contribution in [0, 0.1) is 0 Å². The van der Waals surface area contributed by atoms with Gasteiger partial charge in [0.2, 0.25) is 0 Å². The van der Waals surface area contributed by atoms with Crippen molar-refractivity contribution in [3.05, 3.63) is 34.9 Å². The monoisotopic (exact) mass is 253 g/mol. The third kappa shape index (κ3) is 2.86. The van der Waals surface area contributed by atoms with E-state index in [-0.39, 0.29) is 6.04 Å². The van der Waals surface area contributed by atoms with Crippen molar-refractivity contribution in [3.8, 4) is 0 Å². The predicted octanol–water partition coefficient (Wildman–Crippen LogP) is 3.01. The maximum Gasteiger partial charge on any atom is 0.315 e. The van der Waals surface area contributed by atoms with Crippen molar-refractivity contribution in [2.45, 2.75) is 45.1 Å². The third-order valence-corrected chi connectivity index (χ3v) is 3.43. The van der Waals surface area contributed by atoms with Gasteiger partial charge in [0, 0.05) is 0 Å². The lowest BCUT2D eigenvalue weighted by atomic mass is 9.89. The summed E-state index contributed by atoms with van der Waals surface area (Å²) in [6.45, 7) is 1.73. The number of carbonyl (C=O) groups is 1. The molecule has 0 aromatic heterocycles. The molecular formula is C14H17F2NO. The van der Waals surface area contributed by atoms with Crippen molar-refractivity contribution in [3.63, 3.8) is 0 Å². The van der Waals surface area contributed by atoms with E-state index in [2.05, 4.69) is 11.4 Å². The summed E-state index contributed by atoms with van der Waals surface area (Å²) in [6, 6.07) is 5.62. The van der Waals surface area contributed by atoms with Gasteiger partial charge in [-0.25, -0.2) is 0 Å². The van der Waals surface area contributed by atoms with Crippen LogP contribution in [0.15, 0.2) is 18.2 Å². The highest BCUT2D eigenvalue weighted by Crippen LogP contribution is 2.24. The fraction of sp³-hybridized carbons (Fsp3) is 0.500. The number of aryl methyl sites for hydroxylation is 2. The summed E-state index contributed by atoms with van der Waals surface area (Å²) in [5.41, 5.74) is 3.53. The van der Waals surface area contributed by atoms with Crippen molar-refractivity contribution in [1.29, 1.82) is 0 Å². The number of halogens is 2. The minimum Gasteiger partial charge on any atom is -0.345 e. The Labute approximate surface area is 105 Å². The molecule has 1 N–H and O–H groups in total. The van der Waals surface area contributed by atoms with Gasteiger partial charge >= 0.3 is 6.43 Å². The first-order valence-electron chi connectivity index (χ1n) is 6.28. The second-order valence-electron chi connectivity index (χ2n) is 4.77. The minimum atomic E-state index is -2.95. The maximum atomic E-state index is 12.2. The van der Waals surface area contributed by atoms with E-state index >= 15 is 0 Å². The zero-order valence-corrected chi connectivity index (χ0v) is 10.4. The van der Waals surface area contributed by atoms with Crippen LogP contribution in [0.5, 0.6) is 0 Å². The van der Waals surface area contributed by atoms with Crippen molar-refractivity contribution in [2.24, 2.45) is 0 Å². The molecule has 2 rings (SSSR count). The number of amides is 1. The second kappa shape index (κ2) is 5.46. The molecule has 0 radical (unpaired) electrons. The molecule has 2 nitrogen and oxygen atoms in total. The number of hydrogen-bond donors (Lipinski definition) is 1. The molecule has 0 bridgehead atoms. The first kappa shape index (κ1) is 13.0. The van der Waals surface area contributed by atoms with Gasteiger partial charge in [0.25, 0.3) is 5.91 Å². The molecule has 1 aliphatic rings. The molecule has 1 atom stereocenters. The Bertz CT molecular complexity index is 445. The lowest BCUT2D eigenvalue weighted by Crippen LogP contribution is -2.31. The fourth-order valence-corrected chi connectivity index (χ4v) is 2.38. The van der Waals surface area contributed by atoms with Gasteiger partial charge in [0.05, 0.1) is 6.04 Å². The lowest BCUT2D eigenvalue weighted by Gasteiger charge is -2.20. The van der Waals surface area contributed by atoms with E-state index < -0.39 is 12.3 Å². The third-order valence-electron chi connectivity index (χ3n) is 3.43. The van der Waals surface area contributed by atoms with Crippen LogP contribution in [0.1, 0.15) is 42.5 Å². The fourth-order valence-electron chi connectivity index (χ4n) is 2.38. The highest BCUT2D eigenvalue weighted by molar-refractivity contribution is 5.79. The summed E-state index contributed by atoms with van der Waals surface area (Å²) in [4.78, 5) is 11.0. The van der Waals surface area contributed by atoms with Crippen LogP contribution in [0.4, 0.5) is 8.78 Å². The van der Waals surface area contributed by atoms with Crippen LogP contribution in [-0.2, 0) is 17.6 Å². The summed E-state index contributed by atoms with van der Waals surface area (Å²) in [5.74, 6) is -1.21. The Hall–Kier alpha value is -1.45. The van der Waals surface area contributed by atoms with Gasteiger partial charge in [-0.15, -0.1) is 0 Å². The summed E-state index contributed by atoms with van der Waals surface area (Å²) < 4.78 is 24.3. The van der Waals surface area contributed by atoms with Gasteiger partial charge in [0.15, 0.2) is 0 Å². The molecule has 1 amide bonds. The molecule has 98 valence electrons. The lowest BCUT2D eigenvalue weighted by molar-refractivity contribution is -0.132. The second-order valence-corrected chi connectivity index (χ2v) is 4.77. The molecule has 1 aromatic carbocycles. The molecule has 0 saturated carbocycles. The highest BCUT2D eigenvalue weighted by Gasteiger charge is 2.19. The molecule has 0 aliphatic heterocycles. The Balaban J connectivity index is 2.11. The summed E-state index contributed by atoms with van der Waals surface area (Å²) >= 11 is 0. The summed E-state index contributed by atoms with van der Waals surface area (Å²) in [6.07, 6.45) is 1.56. The summed E-state index contributed by atoms with van der Waals surface area (Å²) in [5, 5.41) is 2.31. The smallest absolute Gasteiger partial charge is 0.315 e. The predicted molar refractivity (Wildman–Crippen MR) is 65.6 cm³/mol. The minimum absolute atomic E-state index is 0.376. The first-order valence-corrected chi connectivity index (χ1v) is 6.28. The molecule has 0 fully saturated rings. The number of benzene rings is 1. The standard InChI is InChI=1S/C14H17F2NO/c1-9(17-14(18)13(15)16)11-7-6-10-4-2-3-5-12(10)8-11/h6-9,13H,2-5H2,1H3,(H,17,18). The Morgan fingerprint density at radius 1 is 1.22 bits per heavy atom. The molecule has 0 heterocycles. The average molecular weight is 253 g/mol. The molecule has 18 heavy (non-hydrogen) atoms. The van der Waals surface area contributed by atoms with Gasteiger partial charge in [-0.05, 0) is 49.3 Å². The number of fused-ring (bicyclic) bond motifs is 1. The summed E-state index contributed by atoms with van der Waals surface area (Å²) in [7, 11) is 0. The number of nitrogens with one attached hydrogen (secondary N) is 1. The topological polar surface area (TPSA) is 29.1 Å². The quantitative estimate of drug-likeness (QED) is 0.881. The van der Waals surface area contributed by atoms with E-state index in [0.29, 0.717) is 0 Å². The maximum absolute atomic E-state index is 12.2. The average Bonchev–Trinajstić information content (AvgIpc) is 2.37. The number of carbonyl (C=O) groups excluding carboxylic acids is 1. The number of rotatable bonds is 3. The molecule has 1 aromatic rings. The van der Waals surface area contributed by atoms with Crippen molar-refractivity contribution in [2.75, 3.05) is 0 Å². The van der Waals surface area contributed by atoms with E-state index in [4.69, 9.17) is 0 Å². The van der Waals surface area contributed by atoms with Crippen LogP contribution in [0.3, 0.4) is 0 Å². The van der Waals surface area contributed by atoms with Crippen LogP contribution in [0.2, 0.25) is 0 Å². The largest absolute Gasteiger partial charge is 0.345 e. The Kier molecular flexibility index (Phi) is 3.94. The normalized spacial score (nSPS) is 16.2. The molecular weight excluding hydrogens is 236 g/mol. The van der Waals surface area contributed by atoms with E-state index in [1.54, 1.807) is 6.92 Å². The SMILES string of the molecule is CC(NC(=O)C(F)F)c1ccc2c(c1)CCCC2. The zero-order valence-electron chi connectivity index (χ0n) is 10.4. The van der Waals surface area contributed by atoms with Crippen molar-refractivity contribution < 1.29 is 13.6 Å². The van der Waals surface area contributed by atoms with Crippen LogP contribution < -0.4 is 5.32 Å². The first-order chi connectivity index (χ1) is 8.58. The van der Waals surface area contributed by atoms with Gasteiger partial charge in [-0.3, -0.25) is 4.79 Å². The zero-order chi connectivity index (χ0) is 13.1. The van der Waals surface area contributed by atoms with E-state index in [1.807, 2.05) is 12.1 Å². The van der Waals surface area contributed by atoms with E-state index in [0.717, 1.165) is 18.4 Å². The van der Waals surface area contributed by atoms with E-state index in [9.17, 15) is 13.6 Å². The van der Waals surface area contributed by atoms with Gasteiger partial charge in [-0.1, -0.05) is 18.2 Å². The highest BCUT2D eigenvalue weighted by atomic mass is 19.3. The van der Waals surface area contributed by atoms with Gasteiger partial charge in [-0.2, -0.15) is 8.78 Å². The molecule has 1 unspecified atom stereocenters.